The fourth-order valence-electron chi connectivity index (χ4n) is 3.98. The summed E-state index contributed by atoms with van der Waals surface area (Å²) >= 11 is 0. The van der Waals surface area contributed by atoms with Crippen LogP contribution in [0, 0.1) is 0 Å². The van der Waals surface area contributed by atoms with Gasteiger partial charge >= 0.3 is 0 Å². The first-order valence-electron chi connectivity index (χ1n) is 11.1. The Balaban J connectivity index is 1.43. The van der Waals surface area contributed by atoms with Gasteiger partial charge in [-0.05, 0) is 49.5 Å². The van der Waals surface area contributed by atoms with E-state index in [0.29, 0.717) is 11.6 Å². The van der Waals surface area contributed by atoms with Crippen LogP contribution in [0.3, 0.4) is 0 Å². The summed E-state index contributed by atoms with van der Waals surface area (Å²) in [6, 6.07) is 11.6. The average Bonchev–Trinajstić information content (AvgIpc) is 2.81. The highest BCUT2D eigenvalue weighted by atomic mass is 16.1. The van der Waals surface area contributed by atoms with Crippen LogP contribution in [0.1, 0.15) is 0 Å². The number of pyridine rings is 1. The van der Waals surface area contributed by atoms with Crippen molar-refractivity contribution in [2.24, 2.45) is 0 Å². The predicted octanol–water partition coefficient (Wildman–Crippen LogP) is 3.81. The van der Waals surface area contributed by atoms with Gasteiger partial charge in [-0.15, -0.1) is 0 Å². The van der Waals surface area contributed by atoms with E-state index >= 15 is 0 Å². The van der Waals surface area contributed by atoms with Crippen LogP contribution in [-0.4, -0.2) is 52.7 Å². The van der Waals surface area contributed by atoms with Crippen LogP contribution in [-0.2, 0) is 0 Å². The summed E-state index contributed by atoms with van der Waals surface area (Å²) in [5, 5.41) is 4.07. The zero-order valence-corrected chi connectivity index (χ0v) is 18.6. The lowest BCUT2D eigenvalue weighted by molar-refractivity contribution is 0.313. The minimum absolute atomic E-state index is 0.141. The second-order valence-corrected chi connectivity index (χ2v) is 8.16. The Morgan fingerprint density at radius 1 is 0.879 bits per heavy atom. The molecule has 0 bridgehead atoms. The van der Waals surface area contributed by atoms with Crippen LogP contribution in [0.4, 0.5) is 17.3 Å². The maximum atomic E-state index is 12.8. The fourth-order valence-corrected chi connectivity index (χ4v) is 3.98. The van der Waals surface area contributed by atoms with E-state index in [-0.39, 0.29) is 5.56 Å². The van der Waals surface area contributed by atoms with Gasteiger partial charge < -0.3 is 15.1 Å². The van der Waals surface area contributed by atoms with Crippen molar-refractivity contribution < 1.29 is 0 Å². The summed E-state index contributed by atoms with van der Waals surface area (Å²) in [4.78, 5) is 26.7. The quantitative estimate of drug-likeness (QED) is 0.668. The molecule has 0 amide bonds. The molecule has 1 N–H and O–H groups in total. The Bertz CT molecular complexity index is 1330. The summed E-state index contributed by atoms with van der Waals surface area (Å²) in [7, 11) is 2.16. The Hall–Kier alpha value is -3.97. The lowest BCUT2D eigenvalue weighted by Gasteiger charge is -2.34. The normalized spacial score (nSPS) is 16.5. The van der Waals surface area contributed by atoms with E-state index in [1.165, 1.54) is 5.69 Å². The summed E-state index contributed by atoms with van der Waals surface area (Å²) in [6.45, 7) is 4.21. The molecule has 2 aromatic heterocycles. The number of likely N-dealkylation sites (N-methyl/N-ethyl adjacent to an activating group) is 1. The SMILES string of the molecule is CN1CCN(c2ccc(Nc3ncc4ccc(=O)n(C5=CC=CC=CC=C5)c4n3)cc2)CC1. The Morgan fingerprint density at radius 3 is 2.45 bits per heavy atom. The molecule has 3 aromatic rings. The third-order valence-corrected chi connectivity index (χ3v) is 5.86. The topological polar surface area (TPSA) is 66.3 Å². The molecule has 1 fully saturated rings. The number of piperazine rings is 1. The average molecular weight is 439 g/mol. The highest BCUT2D eigenvalue weighted by Gasteiger charge is 2.14. The van der Waals surface area contributed by atoms with Gasteiger partial charge in [0, 0.05) is 55.2 Å². The van der Waals surface area contributed by atoms with Gasteiger partial charge in [0.25, 0.3) is 5.56 Å². The molecule has 5 rings (SSSR count). The number of hydrogen-bond acceptors (Lipinski definition) is 6. The number of benzene rings is 1. The number of hydrogen-bond donors (Lipinski definition) is 1. The van der Waals surface area contributed by atoms with Crippen molar-refractivity contribution in [3.8, 4) is 0 Å². The molecule has 0 saturated carbocycles. The number of allylic oxidation sites excluding steroid dienone is 8. The van der Waals surface area contributed by atoms with Crippen molar-refractivity contribution in [2.45, 2.75) is 0 Å². The highest BCUT2D eigenvalue weighted by molar-refractivity contribution is 5.81. The first-order valence-corrected chi connectivity index (χ1v) is 11.1. The van der Waals surface area contributed by atoms with Crippen LogP contribution in [0.25, 0.3) is 16.7 Å². The minimum Gasteiger partial charge on any atom is -0.369 e. The van der Waals surface area contributed by atoms with E-state index in [1.54, 1.807) is 22.9 Å². The number of fused-ring (bicyclic) bond motifs is 1. The zero-order valence-electron chi connectivity index (χ0n) is 18.6. The van der Waals surface area contributed by atoms with Crippen molar-refractivity contribution in [1.29, 1.82) is 0 Å². The van der Waals surface area contributed by atoms with Crippen molar-refractivity contribution in [3.63, 3.8) is 0 Å². The molecule has 3 heterocycles. The lowest BCUT2D eigenvalue weighted by atomic mass is 10.2. The molecule has 7 heteroatoms. The highest BCUT2D eigenvalue weighted by Crippen LogP contribution is 2.22. The van der Waals surface area contributed by atoms with Gasteiger partial charge in [0.05, 0.1) is 5.70 Å². The third-order valence-electron chi connectivity index (χ3n) is 5.86. The van der Waals surface area contributed by atoms with Gasteiger partial charge in [-0.25, -0.2) is 4.98 Å². The first kappa shape index (κ1) is 20.9. The van der Waals surface area contributed by atoms with E-state index in [0.717, 1.165) is 42.9 Å². The molecule has 1 aromatic carbocycles. The Morgan fingerprint density at radius 2 is 1.64 bits per heavy atom. The van der Waals surface area contributed by atoms with Crippen molar-refractivity contribution in [1.82, 2.24) is 19.4 Å². The van der Waals surface area contributed by atoms with Crippen LogP contribution >= 0.6 is 0 Å². The molecule has 1 aliphatic carbocycles. The van der Waals surface area contributed by atoms with Gasteiger partial charge in [-0.1, -0.05) is 30.4 Å². The molecule has 0 radical (unpaired) electrons. The zero-order chi connectivity index (χ0) is 22.6. The monoisotopic (exact) mass is 438 g/mol. The van der Waals surface area contributed by atoms with Gasteiger partial charge in [-0.2, -0.15) is 4.98 Å². The Labute approximate surface area is 192 Å². The van der Waals surface area contributed by atoms with Crippen LogP contribution < -0.4 is 15.8 Å². The molecule has 0 spiro atoms. The van der Waals surface area contributed by atoms with E-state index in [4.69, 9.17) is 0 Å². The maximum absolute atomic E-state index is 12.8. The second kappa shape index (κ2) is 9.26. The van der Waals surface area contributed by atoms with E-state index in [1.807, 2.05) is 54.7 Å². The fraction of sp³-hybridized carbons (Fsp3) is 0.192. The van der Waals surface area contributed by atoms with Gasteiger partial charge in [0.15, 0.2) is 5.65 Å². The molecule has 0 atom stereocenters. The molecule has 1 aliphatic heterocycles. The number of nitrogens with zero attached hydrogens (tertiary/aromatic N) is 5. The van der Waals surface area contributed by atoms with Crippen molar-refractivity contribution in [2.75, 3.05) is 43.4 Å². The summed E-state index contributed by atoms with van der Waals surface area (Å²) < 4.78 is 1.61. The van der Waals surface area contributed by atoms with Crippen LogP contribution in [0.2, 0.25) is 0 Å². The summed E-state index contributed by atoms with van der Waals surface area (Å²) in [6.07, 6.45) is 15.1. The van der Waals surface area contributed by atoms with E-state index < -0.39 is 0 Å². The van der Waals surface area contributed by atoms with Gasteiger partial charge in [0.1, 0.15) is 0 Å². The standard InChI is InChI=1S/C26H26N6O/c1-30-15-17-31(18-16-30)22-12-10-21(11-13-22)28-26-27-19-20-9-14-24(33)32(25(20)29-26)23-7-5-3-2-4-6-8-23/h2-14,19H,15-18H2,1H3,(H,27,28,29). The summed E-state index contributed by atoms with van der Waals surface area (Å²) in [5.41, 5.74) is 3.27. The van der Waals surface area contributed by atoms with Crippen molar-refractivity contribution >= 4 is 34.1 Å². The lowest BCUT2D eigenvalue weighted by Crippen LogP contribution is -2.44. The minimum atomic E-state index is -0.141. The Kier molecular flexibility index (Phi) is 5.87. The molecule has 33 heavy (non-hydrogen) atoms. The number of rotatable bonds is 4. The number of aromatic nitrogens is 3. The van der Waals surface area contributed by atoms with Crippen molar-refractivity contribution in [3.05, 3.63) is 95.5 Å². The molecule has 166 valence electrons. The second-order valence-electron chi connectivity index (χ2n) is 8.16. The van der Waals surface area contributed by atoms with Crippen LogP contribution in [0.5, 0.6) is 0 Å². The predicted molar refractivity (Wildman–Crippen MR) is 135 cm³/mol. The number of nitrogens with one attached hydrogen (secondary N) is 1. The first-order chi connectivity index (χ1) is 16.2. The largest absolute Gasteiger partial charge is 0.369 e. The molecule has 7 nitrogen and oxygen atoms in total. The molecular weight excluding hydrogens is 412 g/mol. The number of anilines is 3. The van der Waals surface area contributed by atoms with Gasteiger partial charge in [0.2, 0.25) is 5.95 Å². The molecule has 1 saturated heterocycles. The maximum Gasteiger partial charge on any atom is 0.256 e. The van der Waals surface area contributed by atoms with Gasteiger partial charge in [-0.3, -0.25) is 9.36 Å². The van der Waals surface area contributed by atoms with Crippen LogP contribution in [0.15, 0.2) is 89.9 Å². The summed E-state index contributed by atoms with van der Waals surface area (Å²) in [5.74, 6) is 0.444. The van der Waals surface area contributed by atoms with E-state index in [2.05, 4.69) is 44.3 Å². The smallest absolute Gasteiger partial charge is 0.256 e. The molecule has 2 aliphatic rings. The molecular formula is C26H26N6O. The molecule has 0 unspecified atom stereocenters. The van der Waals surface area contributed by atoms with E-state index in [9.17, 15) is 4.79 Å². The third kappa shape index (κ3) is 4.63.